The summed E-state index contributed by atoms with van der Waals surface area (Å²) in [5.74, 6) is 0.0391. The number of nitrogens with one attached hydrogen (secondary N) is 1. The van der Waals surface area contributed by atoms with Crippen LogP contribution in [0.15, 0.2) is 48.8 Å². The fourth-order valence-corrected chi connectivity index (χ4v) is 4.85. The van der Waals surface area contributed by atoms with E-state index >= 15 is 0 Å². The number of aromatic nitrogens is 2. The molecule has 0 unspecified atom stereocenters. The lowest BCUT2D eigenvalue weighted by Gasteiger charge is -2.22. The molecule has 3 N–H and O–H groups in total. The summed E-state index contributed by atoms with van der Waals surface area (Å²) in [6.07, 6.45) is 6.87. The van der Waals surface area contributed by atoms with Crippen molar-refractivity contribution >= 4 is 23.0 Å². The van der Waals surface area contributed by atoms with Crippen LogP contribution in [-0.4, -0.2) is 34.7 Å². The number of hydrogen-bond donors (Lipinski definition) is 2. The van der Waals surface area contributed by atoms with Gasteiger partial charge in [-0.05, 0) is 56.0 Å². The molecule has 1 fully saturated rings. The number of rotatable bonds is 7. The lowest BCUT2D eigenvalue weighted by Crippen LogP contribution is -2.28. The van der Waals surface area contributed by atoms with Crippen molar-refractivity contribution in [3.05, 3.63) is 70.5 Å². The number of piperidine rings is 1. The highest BCUT2D eigenvalue weighted by Crippen LogP contribution is 2.29. The molecule has 3 heterocycles. The van der Waals surface area contributed by atoms with Crippen molar-refractivity contribution < 1.29 is 9.59 Å². The molecular weight excluding hydrogens is 396 g/mol. The van der Waals surface area contributed by atoms with Crippen LogP contribution in [0.5, 0.6) is 0 Å². The summed E-state index contributed by atoms with van der Waals surface area (Å²) in [7, 11) is 0. The summed E-state index contributed by atoms with van der Waals surface area (Å²) < 4.78 is 0. The van der Waals surface area contributed by atoms with E-state index in [2.05, 4.69) is 15.3 Å². The van der Waals surface area contributed by atoms with E-state index in [0.29, 0.717) is 21.4 Å². The van der Waals surface area contributed by atoms with E-state index < -0.39 is 5.91 Å². The highest BCUT2D eigenvalue weighted by atomic mass is 32.1. The number of benzene rings is 1. The number of nitrogens with zero attached hydrogens (tertiary/aromatic N) is 2. The average molecular weight is 421 g/mol. The van der Waals surface area contributed by atoms with Crippen LogP contribution in [0.3, 0.4) is 0 Å². The molecule has 1 aliphatic heterocycles. The molecule has 1 amide bonds. The van der Waals surface area contributed by atoms with Crippen molar-refractivity contribution in [1.29, 1.82) is 0 Å². The van der Waals surface area contributed by atoms with Gasteiger partial charge < -0.3 is 11.1 Å². The quantitative estimate of drug-likeness (QED) is 0.572. The maximum Gasteiger partial charge on any atom is 0.268 e. The Morgan fingerprint density at radius 2 is 1.77 bits per heavy atom. The Morgan fingerprint density at radius 1 is 1.07 bits per heavy atom. The molecule has 7 heteroatoms. The molecule has 1 saturated heterocycles. The number of nitrogens with two attached hydrogens (primary N) is 1. The fourth-order valence-electron chi connectivity index (χ4n) is 3.78. The van der Waals surface area contributed by atoms with Crippen LogP contribution >= 0.6 is 11.3 Å². The van der Waals surface area contributed by atoms with Gasteiger partial charge in [-0.3, -0.25) is 14.6 Å². The van der Waals surface area contributed by atoms with Crippen molar-refractivity contribution in [2.45, 2.75) is 25.7 Å². The Morgan fingerprint density at radius 3 is 2.43 bits per heavy atom. The third kappa shape index (κ3) is 4.80. The zero-order valence-corrected chi connectivity index (χ0v) is 17.5. The number of amides is 1. The molecule has 0 aliphatic carbocycles. The topological polar surface area (TPSA) is 98.0 Å². The first-order valence-corrected chi connectivity index (χ1v) is 10.9. The summed E-state index contributed by atoms with van der Waals surface area (Å²) in [5, 5.41) is 4.05. The second-order valence-electron chi connectivity index (χ2n) is 7.59. The molecule has 0 radical (unpaired) electrons. The molecule has 0 saturated carbocycles. The zero-order chi connectivity index (χ0) is 20.9. The van der Waals surface area contributed by atoms with Gasteiger partial charge in [0, 0.05) is 34.8 Å². The van der Waals surface area contributed by atoms with E-state index in [4.69, 9.17) is 5.73 Å². The molecular formula is C23H24N4O2S. The van der Waals surface area contributed by atoms with Crippen molar-refractivity contribution in [2.24, 2.45) is 11.7 Å². The van der Waals surface area contributed by atoms with E-state index in [0.717, 1.165) is 25.1 Å². The van der Waals surface area contributed by atoms with Crippen molar-refractivity contribution in [3.63, 3.8) is 0 Å². The highest BCUT2D eigenvalue weighted by Gasteiger charge is 2.20. The van der Waals surface area contributed by atoms with E-state index in [9.17, 15) is 9.59 Å². The van der Waals surface area contributed by atoms with E-state index in [-0.39, 0.29) is 17.9 Å². The zero-order valence-electron chi connectivity index (χ0n) is 16.6. The average Bonchev–Trinajstić information content (AvgIpc) is 3.20. The first-order chi connectivity index (χ1) is 14.6. The normalized spacial score (nSPS) is 14.5. The first-order valence-electron chi connectivity index (χ1n) is 10.1. The minimum absolute atomic E-state index is 0.0455. The Hall–Kier alpha value is -2.90. The van der Waals surface area contributed by atoms with Crippen molar-refractivity contribution in [1.82, 2.24) is 15.3 Å². The third-order valence-electron chi connectivity index (χ3n) is 5.44. The van der Waals surface area contributed by atoms with Crippen LogP contribution in [0.2, 0.25) is 0 Å². The molecule has 2 aromatic heterocycles. The Kier molecular flexibility index (Phi) is 6.30. The summed E-state index contributed by atoms with van der Waals surface area (Å²) >= 11 is 1.32. The van der Waals surface area contributed by atoms with Gasteiger partial charge in [-0.15, -0.1) is 11.3 Å². The molecule has 4 rings (SSSR count). The van der Waals surface area contributed by atoms with Gasteiger partial charge in [0.25, 0.3) is 5.91 Å². The first kappa shape index (κ1) is 20.4. The van der Waals surface area contributed by atoms with Crippen LogP contribution in [0, 0.1) is 5.92 Å². The second kappa shape index (κ2) is 9.28. The van der Waals surface area contributed by atoms with Gasteiger partial charge in [0.15, 0.2) is 5.78 Å². The third-order valence-corrected chi connectivity index (χ3v) is 6.54. The standard InChI is InChI=1S/C23H24N4O2S/c24-22(29)21-20(30-23(27-21)18-7-11-26-12-8-18)14-19(28)17-3-1-15(2-4-17)13-16-5-9-25-10-6-16/h1-4,7-8,11-12,16,25H,5-6,9-10,13-14H2,(H2,24,29). The number of Topliss-reactive ketones (excluding diaryl/α,β-unsaturated/α-hetero) is 1. The number of hydrogen-bond acceptors (Lipinski definition) is 6. The van der Waals surface area contributed by atoms with Gasteiger partial charge in [-0.1, -0.05) is 24.3 Å². The van der Waals surface area contributed by atoms with Crippen LogP contribution in [-0.2, 0) is 12.8 Å². The van der Waals surface area contributed by atoms with Crippen LogP contribution < -0.4 is 11.1 Å². The van der Waals surface area contributed by atoms with Crippen molar-refractivity contribution in [2.75, 3.05) is 13.1 Å². The van der Waals surface area contributed by atoms with Gasteiger partial charge >= 0.3 is 0 Å². The van der Waals surface area contributed by atoms with E-state index in [1.54, 1.807) is 12.4 Å². The highest BCUT2D eigenvalue weighted by molar-refractivity contribution is 7.15. The minimum atomic E-state index is -0.619. The van der Waals surface area contributed by atoms with Gasteiger partial charge in [-0.25, -0.2) is 4.98 Å². The van der Waals surface area contributed by atoms with Gasteiger partial charge in [-0.2, -0.15) is 0 Å². The van der Waals surface area contributed by atoms with Gasteiger partial charge in [0.2, 0.25) is 0 Å². The van der Waals surface area contributed by atoms with Crippen LogP contribution in [0.4, 0.5) is 0 Å². The largest absolute Gasteiger partial charge is 0.364 e. The van der Waals surface area contributed by atoms with E-state index in [1.165, 1.54) is 29.7 Å². The van der Waals surface area contributed by atoms with E-state index in [1.807, 2.05) is 36.4 Å². The Bertz CT molecular complexity index is 1030. The molecule has 0 bridgehead atoms. The van der Waals surface area contributed by atoms with Crippen LogP contribution in [0.1, 0.15) is 44.1 Å². The summed E-state index contributed by atoms with van der Waals surface area (Å²) in [6.45, 7) is 2.17. The molecule has 30 heavy (non-hydrogen) atoms. The molecule has 154 valence electrons. The Balaban J connectivity index is 1.48. The minimum Gasteiger partial charge on any atom is -0.364 e. The number of ketones is 1. The predicted octanol–water partition coefficient (Wildman–Crippen LogP) is 3.27. The molecule has 1 aliphatic rings. The molecule has 0 atom stereocenters. The lowest BCUT2D eigenvalue weighted by atomic mass is 9.90. The lowest BCUT2D eigenvalue weighted by molar-refractivity contribution is 0.0991. The number of carbonyl (C=O) groups is 2. The molecule has 6 nitrogen and oxygen atoms in total. The summed E-state index contributed by atoms with van der Waals surface area (Å²) in [6, 6.07) is 11.5. The number of carbonyl (C=O) groups excluding carboxylic acids is 2. The maximum atomic E-state index is 12.8. The Labute approximate surface area is 179 Å². The van der Waals surface area contributed by atoms with Crippen molar-refractivity contribution in [3.8, 4) is 10.6 Å². The summed E-state index contributed by atoms with van der Waals surface area (Å²) in [4.78, 5) is 33.7. The molecule has 3 aromatic rings. The van der Waals surface area contributed by atoms with Gasteiger partial charge in [0.05, 0.1) is 0 Å². The molecule has 0 spiro atoms. The molecule has 1 aromatic carbocycles. The number of thiazole rings is 1. The summed E-state index contributed by atoms with van der Waals surface area (Å²) in [5.41, 5.74) is 8.42. The smallest absolute Gasteiger partial charge is 0.268 e. The maximum absolute atomic E-state index is 12.8. The SMILES string of the molecule is NC(=O)c1nc(-c2ccncc2)sc1CC(=O)c1ccc(CC2CCNCC2)cc1. The monoisotopic (exact) mass is 420 g/mol. The number of pyridine rings is 1. The van der Waals surface area contributed by atoms with Gasteiger partial charge in [0.1, 0.15) is 10.7 Å². The predicted molar refractivity (Wildman–Crippen MR) is 118 cm³/mol. The fraction of sp³-hybridized carbons (Fsp3) is 0.304. The van der Waals surface area contributed by atoms with Crippen LogP contribution in [0.25, 0.3) is 10.6 Å². The number of primary amides is 1. The second-order valence-corrected chi connectivity index (χ2v) is 8.67.